The van der Waals surface area contributed by atoms with E-state index in [1.807, 2.05) is 0 Å². The smallest absolute Gasteiger partial charge is 0.282 e. The van der Waals surface area contributed by atoms with E-state index in [1.54, 1.807) is 17.5 Å². The lowest BCUT2D eigenvalue weighted by Gasteiger charge is -2.29. The van der Waals surface area contributed by atoms with Crippen molar-refractivity contribution >= 4 is 122 Å². The summed E-state index contributed by atoms with van der Waals surface area (Å²) in [5, 5.41) is 3.49. The molecule has 13 heteroatoms. The van der Waals surface area contributed by atoms with Gasteiger partial charge in [0.25, 0.3) is 17.7 Å². The summed E-state index contributed by atoms with van der Waals surface area (Å²) < 4.78 is 1.63. The molecule has 4 rings (SSSR count). The van der Waals surface area contributed by atoms with Crippen LogP contribution in [0.3, 0.4) is 0 Å². The molecule has 3 aromatic rings. The van der Waals surface area contributed by atoms with Crippen LogP contribution < -0.4 is 0 Å². The third kappa shape index (κ3) is 4.44. The monoisotopic (exact) mass is 770 g/mol. The highest BCUT2D eigenvalue weighted by molar-refractivity contribution is 9.15. The molecule has 3 amide bonds. The Balaban J connectivity index is 1.85. The minimum atomic E-state index is -0.813. The molecule has 0 saturated heterocycles. The van der Waals surface area contributed by atoms with Gasteiger partial charge in [-0.25, -0.2) is 5.01 Å². The first-order valence-corrected chi connectivity index (χ1v) is 13.9. The number of nitrogens with zero attached hydrogens (tertiary/aromatic N) is 2. The van der Waals surface area contributed by atoms with Crippen molar-refractivity contribution < 1.29 is 19.2 Å². The molecule has 0 radical (unpaired) electrons. The van der Waals surface area contributed by atoms with Crippen molar-refractivity contribution in [2.75, 3.05) is 6.54 Å². The largest absolute Gasteiger partial charge is 0.291 e. The Morgan fingerprint density at radius 3 is 2.00 bits per heavy atom. The quantitative estimate of drug-likeness (QED) is 0.116. The molecule has 1 aliphatic heterocycles. The van der Waals surface area contributed by atoms with Crippen LogP contribution in [0, 0.1) is 0 Å². The molecule has 174 valence electrons. The van der Waals surface area contributed by atoms with Gasteiger partial charge in [-0.15, -0.1) is 11.3 Å². The molecular weight excluding hydrogens is 767 g/mol. The Labute approximate surface area is 240 Å². The number of Topliss-reactive ketones (excluding diaryl/α,β-unsaturated/α-hetero) is 1. The molecule has 0 fully saturated rings. The first kappa shape index (κ1) is 26.0. The van der Waals surface area contributed by atoms with Crippen molar-refractivity contribution in [3.63, 3.8) is 0 Å². The number of halogens is 6. The van der Waals surface area contributed by atoms with Gasteiger partial charge < -0.3 is 0 Å². The molecular formula is C21H8Br4Cl2N2O4S. The number of hydrogen-bond donors (Lipinski definition) is 0. The maximum absolute atomic E-state index is 13.6. The van der Waals surface area contributed by atoms with Crippen LogP contribution in [0.2, 0.25) is 10.0 Å². The number of hydrogen-bond acceptors (Lipinski definition) is 5. The van der Waals surface area contributed by atoms with Crippen molar-refractivity contribution in [2.45, 2.75) is 0 Å². The van der Waals surface area contributed by atoms with Crippen molar-refractivity contribution in [1.29, 1.82) is 0 Å². The van der Waals surface area contributed by atoms with E-state index in [1.165, 1.54) is 29.5 Å². The van der Waals surface area contributed by atoms with Crippen LogP contribution in [0.4, 0.5) is 0 Å². The van der Waals surface area contributed by atoms with E-state index >= 15 is 0 Å². The van der Waals surface area contributed by atoms with Crippen LogP contribution in [0.15, 0.2) is 53.6 Å². The highest BCUT2D eigenvalue weighted by Gasteiger charge is 2.46. The highest BCUT2D eigenvalue weighted by atomic mass is 79.9. The number of thiophene rings is 1. The van der Waals surface area contributed by atoms with E-state index < -0.39 is 30.0 Å². The summed E-state index contributed by atoms with van der Waals surface area (Å²) in [5.74, 6) is -2.83. The highest BCUT2D eigenvalue weighted by Crippen LogP contribution is 2.45. The number of ketones is 1. The van der Waals surface area contributed by atoms with E-state index in [-0.39, 0.29) is 21.7 Å². The second kappa shape index (κ2) is 10.1. The van der Waals surface area contributed by atoms with Crippen molar-refractivity contribution in [2.24, 2.45) is 0 Å². The Morgan fingerprint density at radius 2 is 1.50 bits per heavy atom. The van der Waals surface area contributed by atoms with Crippen LogP contribution in [0.25, 0.3) is 0 Å². The fourth-order valence-electron chi connectivity index (χ4n) is 3.24. The number of carbonyl (C=O) groups excluding carboxylic acids is 4. The topological polar surface area (TPSA) is 74.8 Å². The molecule has 0 unspecified atom stereocenters. The van der Waals surface area contributed by atoms with Crippen LogP contribution in [0.5, 0.6) is 0 Å². The van der Waals surface area contributed by atoms with Crippen molar-refractivity contribution in [3.05, 3.63) is 85.2 Å². The van der Waals surface area contributed by atoms with Crippen LogP contribution in [-0.4, -0.2) is 40.1 Å². The predicted octanol–water partition coefficient (Wildman–Crippen LogP) is 7.64. The lowest BCUT2D eigenvalue weighted by molar-refractivity contribution is 0.00532. The lowest BCUT2D eigenvalue weighted by Crippen LogP contribution is -2.51. The summed E-state index contributed by atoms with van der Waals surface area (Å²) in [5.41, 5.74) is 0.0492. The predicted molar refractivity (Wildman–Crippen MR) is 144 cm³/mol. The number of rotatable bonds is 5. The molecule has 0 aliphatic carbocycles. The first-order chi connectivity index (χ1) is 16.0. The fraction of sp³-hybridized carbons (Fsp3) is 0.0476. The molecule has 0 atom stereocenters. The Morgan fingerprint density at radius 1 is 0.912 bits per heavy atom. The van der Waals surface area contributed by atoms with E-state index in [0.29, 0.717) is 32.8 Å². The van der Waals surface area contributed by atoms with Gasteiger partial charge in [0.1, 0.15) is 6.54 Å². The summed E-state index contributed by atoms with van der Waals surface area (Å²) in [6.07, 6.45) is 0. The molecule has 2 aromatic carbocycles. The Bertz CT molecular complexity index is 1350. The fourth-order valence-corrected chi connectivity index (χ4v) is 6.85. The molecule has 0 saturated carbocycles. The van der Waals surface area contributed by atoms with E-state index in [4.69, 9.17) is 23.2 Å². The third-order valence-electron chi connectivity index (χ3n) is 4.81. The molecule has 0 spiro atoms. The lowest BCUT2D eigenvalue weighted by atomic mass is 10.1. The summed E-state index contributed by atoms with van der Waals surface area (Å²) in [6, 6.07) is 7.45. The van der Waals surface area contributed by atoms with Gasteiger partial charge in [-0.2, -0.15) is 5.01 Å². The maximum Gasteiger partial charge on any atom is 0.282 e. The van der Waals surface area contributed by atoms with Gasteiger partial charge in [0.15, 0.2) is 5.78 Å². The van der Waals surface area contributed by atoms with Gasteiger partial charge >= 0.3 is 0 Å². The molecule has 0 N–H and O–H groups in total. The van der Waals surface area contributed by atoms with Gasteiger partial charge in [0, 0.05) is 22.9 Å². The number of benzene rings is 2. The zero-order valence-corrected chi connectivity index (χ0v) is 25.0. The molecule has 1 aromatic heterocycles. The third-order valence-corrected chi connectivity index (χ3v) is 11.0. The Hall–Kier alpha value is -1.08. The molecule has 1 aliphatic rings. The van der Waals surface area contributed by atoms with Crippen molar-refractivity contribution in [1.82, 2.24) is 10.0 Å². The van der Waals surface area contributed by atoms with Crippen LogP contribution in [0.1, 0.15) is 40.7 Å². The van der Waals surface area contributed by atoms with E-state index in [9.17, 15) is 19.2 Å². The number of amides is 3. The number of fused-ring (bicyclic) bond motifs is 1. The van der Waals surface area contributed by atoms with Gasteiger partial charge in [0.05, 0.1) is 26.6 Å². The standard InChI is InChI=1S/C21H8Br4Cl2N2O4S/c22-15-13-14(16(23)18(25)17(15)24)21(33)29(20(13)32)28(7-11(30)12-2-1-5-34-12)19(31)9-4-3-8(26)6-10(9)27/h1-6H,7H2. The SMILES string of the molecule is O=C(CN(C(=O)c1ccc(Cl)cc1Cl)N1C(=O)c2c(Br)c(Br)c(Br)c(Br)c2C1=O)c1cccs1. The number of hydrazine groups is 1. The van der Waals surface area contributed by atoms with Crippen LogP contribution in [-0.2, 0) is 0 Å². The minimum Gasteiger partial charge on any atom is -0.291 e. The van der Waals surface area contributed by atoms with Crippen molar-refractivity contribution in [3.8, 4) is 0 Å². The minimum absolute atomic E-state index is 0.00975. The summed E-state index contributed by atoms with van der Waals surface area (Å²) >= 11 is 26.8. The van der Waals surface area contributed by atoms with Crippen LogP contribution >= 0.6 is 98.3 Å². The number of carbonyl (C=O) groups is 4. The molecule has 2 heterocycles. The van der Waals surface area contributed by atoms with Gasteiger partial charge in [-0.05, 0) is 93.4 Å². The molecule has 6 nitrogen and oxygen atoms in total. The molecule has 34 heavy (non-hydrogen) atoms. The van der Waals surface area contributed by atoms with Gasteiger partial charge in [-0.3, -0.25) is 19.2 Å². The normalized spacial score (nSPS) is 12.8. The summed E-state index contributed by atoms with van der Waals surface area (Å²) in [6.45, 7) is -0.568. The maximum atomic E-state index is 13.6. The summed E-state index contributed by atoms with van der Waals surface area (Å²) in [7, 11) is 0. The average molecular weight is 775 g/mol. The number of imide groups is 1. The zero-order valence-electron chi connectivity index (χ0n) is 16.4. The van der Waals surface area contributed by atoms with E-state index in [2.05, 4.69) is 63.7 Å². The average Bonchev–Trinajstić information content (AvgIpc) is 3.41. The van der Waals surface area contributed by atoms with Gasteiger partial charge in [-0.1, -0.05) is 29.3 Å². The molecule has 0 bridgehead atoms. The Kier molecular flexibility index (Phi) is 7.74. The zero-order chi connectivity index (χ0) is 24.9. The second-order valence-electron chi connectivity index (χ2n) is 6.82. The summed E-state index contributed by atoms with van der Waals surface area (Å²) in [4.78, 5) is 53.9. The second-order valence-corrected chi connectivity index (χ2v) is 11.8. The van der Waals surface area contributed by atoms with Gasteiger partial charge in [0.2, 0.25) is 0 Å². The van der Waals surface area contributed by atoms with E-state index in [0.717, 1.165) is 5.01 Å². The first-order valence-electron chi connectivity index (χ1n) is 9.12.